The van der Waals surface area contributed by atoms with Crippen molar-refractivity contribution >= 4 is 11.9 Å². The second-order valence-corrected chi connectivity index (χ2v) is 6.10. The van der Waals surface area contributed by atoms with Gasteiger partial charge in [0.1, 0.15) is 6.10 Å². The molecule has 1 aromatic rings. The molecule has 0 saturated carbocycles. The molecule has 0 aliphatic carbocycles. The zero-order chi connectivity index (χ0) is 18.8. The third-order valence-corrected chi connectivity index (χ3v) is 3.61. The van der Waals surface area contributed by atoms with E-state index in [0.717, 1.165) is 0 Å². The SMILES string of the molecule is CC#CC#CC(=O)N(C(C)C)C(C)CC(C)OC(=O)c1ccccc1. The monoisotopic (exact) mass is 339 g/mol. The molecule has 0 aromatic heterocycles. The van der Waals surface area contributed by atoms with Crippen LogP contribution in [0.15, 0.2) is 30.3 Å². The van der Waals surface area contributed by atoms with Gasteiger partial charge in [-0.05, 0) is 58.6 Å². The molecule has 0 bridgehead atoms. The molecule has 0 heterocycles. The van der Waals surface area contributed by atoms with Crippen LogP contribution in [0, 0.1) is 23.7 Å². The minimum absolute atomic E-state index is 0.0107. The molecule has 25 heavy (non-hydrogen) atoms. The number of rotatable bonds is 6. The summed E-state index contributed by atoms with van der Waals surface area (Å²) in [4.78, 5) is 26.1. The average Bonchev–Trinajstić information content (AvgIpc) is 2.55. The summed E-state index contributed by atoms with van der Waals surface area (Å²) in [5, 5.41) is 0. The van der Waals surface area contributed by atoms with E-state index in [4.69, 9.17) is 4.74 Å². The summed E-state index contributed by atoms with van der Waals surface area (Å²) in [6, 6.07) is 8.73. The van der Waals surface area contributed by atoms with Gasteiger partial charge >= 0.3 is 5.97 Å². The first kappa shape index (κ1) is 20.3. The zero-order valence-corrected chi connectivity index (χ0v) is 15.5. The van der Waals surface area contributed by atoms with Gasteiger partial charge in [-0.15, -0.1) is 0 Å². The van der Waals surface area contributed by atoms with Gasteiger partial charge in [0.2, 0.25) is 0 Å². The summed E-state index contributed by atoms with van der Waals surface area (Å²) in [7, 11) is 0. The van der Waals surface area contributed by atoms with Crippen molar-refractivity contribution in [2.45, 2.75) is 59.2 Å². The molecule has 1 aromatic carbocycles. The summed E-state index contributed by atoms with van der Waals surface area (Å²) in [5.74, 6) is 9.66. The van der Waals surface area contributed by atoms with Crippen LogP contribution in [0.1, 0.15) is 51.4 Å². The van der Waals surface area contributed by atoms with Crippen LogP contribution in [0.25, 0.3) is 0 Å². The molecule has 132 valence electrons. The molecular formula is C21H25NO3. The van der Waals surface area contributed by atoms with Crippen LogP contribution >= 0.6 is 0 Å². The van der Waals surface area contributed by atoms with E-state index in [0.29, 0.717) is 12.0 Å². The highest BCUT2D eigenvalue weighted by atomic mass is 16.5. The smallest absolute Gasteiger partial charge is 0.338 e. The fourth-order valence-corrected chi connectivity index (χ4v) is 2.62. The highest BCUT2D eigenvalue weighted by Gasteiger charge is 2.24. The Hall–Kier alpha value is -2.72. The van der Waals surface area contributed by atoms with Crippen molar-refractivity contribution < 1.29 is 14.3 Å². The predicted octanol–water partition coefficient (Wildman–Crippen LogP) is 3.27. The summed E-state index contributed by atoms with van der Waals surface area (Å²) >= 11 is 0. The Morgan fingerprint density at radius 3 is 2.28 bits per heavy atom. The quantitative estimate of drug-likeness (QED) is 0.590. The molecule has 0 spiro atoms. The fourth-order valence-electron chi connectivity index (χ4n) is 2.62. The van der Waals surface area contributed by atoms with Crippen LogP contribution in [-0.2, 0) is 9.53 Å². The lowest BCUT2D eigenvalue weighted by molar-refractivity contribution is -0.129. The molecule has 0 fully saturated rings. The van der Waals surface area contributed by atoms with Gasteiger partial charge in [0.15, 0.2) is 0 Å². The van der Waals surface area contributed by atoms with Crippen LogP contribution in [0.4, 0.5) is 0 Å². The Bertz CT molecular complexity index is 701. The van der Waals surface area contributed by atoms with Crippen molar-refractivity contribution in [2.24, 2.45) is 0 Å². The molecule has 2 atom stereocenters. The molecule has 4 heteroatoms. The molecule has 0 aliphatic heterocycles. The lowest BCUT2D eigenvalue weighted by atomic mass is 10.1. The molecule has 0 radical (unpaired) electrons. The van der Waals surface area contributed by atoms with Crippen LogP contribution in [0.2, 0.25) is 0 Å². The first-order valence-electron chi connectivity index (χ1n) is 8.37. The Kier molecular flexibility index (Phi) is 8.30. The number of carbonyl (C=O) groups is 2. The maximum Gasteiger partial charge on any atom is 0.338 e. The Labute approximate surface area is 150 Å². The Morgan fingerprint density at radius 1 is 1.08 bits per heavy atom. The van der Waals surface area contributed by atoms with Gasteiger partial charge in [-0.2, -0.15) is 0 Å². The zero-order valence-electron chi connectivity index (χ0n) is 15.5. The van der Waals surface area contributed by atoms with E-state index >= 15 is 0 Å². The normalized spacial score (nSPS) is 12.1. The van der Waals surface area contributed by atoms with Crippen molar-refractivity contribution in [3.8, 4) is 23.7 Å². The number of ether oxygens (including phenoxy) is 1. The van der Waals surface area contributed by atoms with Gasteiger partial charge in [-0.3, -0.25) is 4.79 Å². The van der Waals surface area contributed by atoms with Gasteiger partial charge in [0.05, 0.1) is 5.56 Å². The van der Waals surface area contributed by atoms with Gasteiger partial charge in [0, 0.05) is 24.4 Å². The maximum absolute atomic E-state index is 12.3. The van der Waals surface area contributed by atoms with Crippen molar-refractivity contribution in [3.63, 3.8) is 0 Å². The topological polar surface area (TPSA) is 46.6 Å². The van der Waals surface area contributed by atoms with Crippen molar-refractivity contribution in [2.75, 3.05) is 0 Å². The van der Waals surface area contributed by atoms with E-state index in [9.17, 15) is 9.59 Å². The number of carbonyl (C=O) groups excluding carboxylic acids is 2. The summed E-state index contributed by atoms with van der Waals surface area (Å²) in [6.45, 7) is 9.29. The van der Waals surface area contributed by atoms with Crippen LogP contribution in [-0.4, -0.2) is 35.0 Å². The highest BCUT2D eigenvalue weighted by molar-refractivity contribution is 5.94. The number of hydrogen-bond acceptors (Lipinski definition) is 3. The minimum Gasteiger partial charge on any atom is -0.459 e. The molecule has 0 saturated heterocycles. The third kappa shape index (κ3) is 6.73. The molecule has 0 N–H and O–H groups in total. The highest BCUT2D eigenvalue weighted by Crippen LogP contribution is 2.14. The van der Waals surface area contributed by atoms with Crippen molar-refractivity contribution in [3.05, 3.63) is 35.9 Å². The van der Waals surface area contributed by atoms with Gasteiger partial charge in [-0.1, -0.05) is 24.1 Å². The van der Waals surface area contributed by atoms with Crippen LogP contribution < -0.4 is 0 Å². The molecular weight excluding hydrogens is 314 g/mol. The van der Waals surface area contributed by atoms with Gasteiger partial charge in [-0.25, -0.2) is 4.79 Å². The first-order valence-corrected chi connectivity index (χ1v) is 8.37. The molecule has 4 nitrogen and oxygen atoms in total. The number of benzene rings is 1. The van der Waals surface area contributed by atoms with E-state index in [1.807, 2.05) is 33.8 Å². The minimum atomic E-state index is -0.360. The van der Waals surface area contributed by atoms with E-state index in [1.54, 1.807) is 36.1 Å². The van der Waals surface area contributed by atoms with Gasteiger partial charge < -0.3 is 9.64 Å². The fraction of sp³-hybridized carbons (Fsp3) is 0.429. The summed E-state index contributed by atoms with van der Waals surface area (Å²) in [6.07, 6.45) is 0.212. The van der Waals surface area contributed by atoms with Crippen LogP contribution in [0.3, 0.4) is 0 Å². The number of nitrogens with zero attached hydrogens (tertiary/aromatic N) is 1. The summed E-state index contributed by atoms with van der Waals surface area (Å²) in [5.41, 5.74) is 0.516. The van der Waals surface area contributed by atoms with E-state index in [-0.39, 0.29) is 30.1 Å². The average molecular weight is 339 g/mol. The summed E-state index contributed by atoms with van der Waals surface area (Å²) < 4.78 is 5.48. The molecule has 1 rings (SSSR count). The lowest BCUT2D eigenvalue weighted by Crippen LogP contribution is -2.44. The molecule has 2 unspecified atom stereocenters. The third-order valence-electron chi connectivity index (χ3n) is 3.61. The van der Waals surface area contributed by atoms with E-state index in [2.05, 4.69) is 23.7 Å². The predicted molar refractivity (Wildman–Crippen MR) is 98.6 cm³/mol. The standard InChI is InChI=1S/C21H25NO3/c1-6-7-9-14-20(23)22(16(2)3)17(4)15-18(5)25-21(24)19-12-10-8-11-13-19/h8,10-13,16-18H,15H2,1-5H3. The maximum atomic E-state index is 12.3. The number of esters is 1. The molecule has 0 aliphatic rings. The molecule has 1 amide bonds. The lowest BCUT2D eigenvalue weighted by Gasteiger charge is -2.32. The van der Waals surface area contributed by atoms with Crippen molar-refractivity contribution in [1.29, 1.82) is 0 Å². The van der Waals surface area contributed by atoms with E-state index < -0.39 is 0 Å². The number of amides is 1. The van der Waals surface area contributed by atoms with Gasteiger partial charge in [0.25, 0.3) is 5.91 Å². The largest absolute Gasteiger partial charge is 0.459 e. The Morgan fingerprint density at radius 2 is 1.72 bits per heavy atom. The second-order valence-electron chi connectivity index (χ2n) is 6.10. The van der Waals surface area contributed by atoms with Crippen LogP contribution in [0.5, 0.6) is 0 Å². The Balaban J connectivity index is 2.71. The van der Waals surface area contributed by atoms with Crippen molar-refractivity contribution in [1.82, 2.24) is 4.90 Å². The first-order chi connectivity index (χ1) is 11.9. The second kappa shape index (κ2) is 10.2. The van der Waals surface area contributed by atoms with E-state index in [1.165, 1.54) is 0 Å². The number of hydrogen-bond donors (Lipinski definition) is 0.